The van der Waals surface area contributed by atoms with Gasteiger partial charge in [-0.3, -0.25) is 0 Å². The first-order valence-corrected chi connectivity index (χ1v) is 12.9. The Balaban J connectivity index is 2.88. The number of rotatable bonds is 16. The van der Waals surface area contributed by atoms with E-state index in [2.05, 4.69) is 11.9 Å². The summed E-state index contributed by atoms with van der Waals surface area (Å²) in [5.41, 5.74) is 0. The summed E-state index contributed by atoms with van der Waals surface area (Å²) in [6.07, 6.45) is 22.3. The number of unbranched alkanes of at least 4 members (excludes halogenated alkanes) is 14. The van der Waals surface area contributed by atoms with Crippen molar-refractivity contribution in [2.24, 2.45) is 0 Å². The van der Waals surface area contributed by atoms with E-state index in [4.69, 9.17) is 0 Å². The van der Waals surface area contributed by atoms with E-state index in [1.165, 1.54) is 96.3 Å². The SMILES string of the molecule is CCCCCCCCCCCCCCCCC[Te]C. The molecule has 0 spiro atoms. The Kier molecular flexibility index (Phi) is 19.6. The van der Waals surface area contributed by atoms with Crippen LogP contribution in [0.5, 0.6) is 0 Å². The van der Waals surface area contributed by atoms with E-state index in [9.17, 15) is 0 Å². The molecule has 116 valence electrons. The van der Waals surface area contributed by atoms with Crippen molar-refractivity contribution in [3.8, 4) is 0 Å². The molecule has 19 heavy (non-hydrogen) atoms. The van der Waals surface area contributed by atoms with E-state index < -0.39 is 0 Å². The van der Waals surface area contributed by atoms with Crippen molar-refractivity contribution in [3.63, 3.8) is 0 Å². The van der Waals surface area contributed by atoms with Crippen molar-refractivity contribution in [2.45, 2.75) is 113 Å². The summed E-state index contributed by atoms with van der Waals surface area (Å²) in [6, 6.07) is 0. The van der Waals surface area contributed by atoms with Crippen molar-refractivity contribution < 1.29 is 0 Å². The molecule has 0 aromatic heterocycles. The van der Waals surface area contributed by atoms with Gasteiger partial charge in [0, 0.05) is 0 Å². The number of hydrogen-bond acceptors (Lipinski definition) is 0. The van der Waals surface area contributed by atoms with Gasteiger partial charge in [0.25, 0.3) is 0 Å². The third-order valence-corrected chi connectivity index (χ3v) is 5.94. The van der Waals surface area contributed by atoms with Gasteiger partial charge in [-0.25, -0.2) is 0 Å². The van der Waals surface area contributed by atoms with Gasteiger partial charge in [-0.15, -0.1) is 0 Å². The van der Waals surface area contributed by atoms with Crippen molar-refractivity contribution in [1.29, 1.82) is 0 Å². The van der Waals surface area contributed by atoms with Crippen LogP contribution in [0.2, 0.25) is 9.44 Å². The molecule has 0 radical (unpaired) electrons. The predicted octanol–water partition coefficient (Wildman–Crippen LogP) is 7.03. The molecule has 0 aliphatic rings. The van der Waals surface area contributed by atoms with E-state index >= 15 is 0 Å². The molecular weight excluding hydrogens is 344 g/mol. The van der Waals surface area contributed by atoms with Crippen LogP contribution in [0.4, 0.5) is 0 Å². The summed E-state index contributed by atoms with van der Waals surface area (Å²) in [6.45, 7) is 2.30. The zero-order chi connectivity index (χ0) is 14.0. The van der Waals surface area contributed by atoms with Crippen LogP contribution in [0, 0.1) is 0 Å². The van der Waals surface area contributed by atoms with Gasteiger partial charge in [0.1, 0.15) is 0 Å². The Morgan fingerprint density at radius 3 is 1.11 bits per heavy atom. The summed E-state index contributed by atoms with van der Waals surface area (Å²) in [5.74, 6) is 0. The maximum atomic E-state index is 2.43. The molecule has 0 nitrogen and oxygen atoms in total. The van der Waals surface area contributed by atoms with Crippen LogP contribution in [-0.2, 0) is 0 Å². The van der Waals surface area contributed by atoms with E-state index in [1.54, 1.807) is 4.47 Å². The zero-order valence-electron chi connectivity index (χ0n) is 13.7. The quantitative estimate of drug-likeness (QED) is 0.199. The molecular formula is C18H38Te. The second-order valence-corrected chi connectivity index (χ2v) is 8.76. The predicted molar refractivity (Wildman–Crippen MR) is 91.4 cm³/mol. The molecule has 0 aromatic rings. The van der Waals surface area contributed by atoms with Crippen LogP contribution in [0.25, 0.3) is 0 Å². The molecule has 1 heteroatoms. The summed E-state index contributed by atoms with van der Waals surface area (Å²) >= 11 is 0.416. The van der Waals surface area contributed by atoms with Crippen molar-refractivity contribution in [3.05, 3.63) is 0 Å². The monoisotopic (exact) mass is 384 g/mol. The summed E-state index contributed by atoms with van der Waals surface area (Å²) < 4.78 is 1.57. The molecule has 0 N–H and O–H groups in total. The van der Waals surface area contributed by atoms with Gasteiger partial charge in [-0.2, -0.15) is 0 Å². The average Bonchev–Trinajstić information content (AvgIpc) is 2.43. The maximum absolute atomic E-state index is 2.43. The van der Waals surface area contributed by atoms with Crippen LogP contribution in [0.15, 0.2) is 0 Å². The van der Waals surface area contributed by atoms with Crippen LogP contribution >= 0.6 is 0 Å². The Labute approximate surface area is 133 Å². The van der Waals surface area contributed by atoms with Gasteiger partial charge in [0.15, 0.2) is 0 Å². The minimum atomic E-state index is 0.416. The second kappa shape index (κ2) is 18.8. The fourth-order valence-electron chi connectivity index (χ4n) is 2.62. The Bertz CT molecular complexity index is 129. The normalized spacial score (nSPS) is 11.1. The first kappa shape index (κ1) is 19.8. The summed E-state index contributed by atoms with van der Waals surface area (Å²) in [4.78, 5) is 2.43. The van der Waals surface area contributed by atoms with Gasteiger partial charge in [0.2, 0.25) is 0 Å². The zero-order valence-corrected chi connectivity index (χ0v) is 16.1. The van der Waals surface area contributed by atoms with E-state index in [-0.39, 0.29) is 0 Å². The molecule has 0 rings (SSSR count). The second-order valence-electron chi connectivity index (χ2n) is 5.94. The molecule has 0 unspecified atom stereocenters. The van der Waals surface area contributed by atoms with Crippen LogP contribution in [0.3, 0.4) is 0 Å². The molecule has 0 saturated heterocycles. The molecule has 0 aromatic carbocycles. The summed E-state index contributed by atoms with van der Waals surface area (Å²) in [5, 5.41) is 0. The Morgan fingerprint density at radius 2 is 0.789 bits per heavy atom. The third kappa shape index (κ3) is 18.8. The molecule has 0 fully saturated rings. The fraction of sp³-hybridized carbons (Fsp3) is 1.00. The van der Waals surface area contributed by atoms with Gasteiger partial charge in [-0.05, 0) is 0 Å². The van der Waals surface area contributed by atoms with Gasteiger partial charge >= 0.3 is 101 Å². The number of hydrogen-bond donors (Lipinski definition) is 0. The first-order chi connectivity index (χ1) is 9.41. The van der Waals surface area contributed by atoms with Crippen molar-refractivity contribution >= 4 is 20.9 Å². The van der Waals surface area contributed by atoms with E-state index in [0.29, 0.717) is 20.9 Å². The molecule has 0 amide bonds. The molecule has 0 aliphatic carbocycles. The van der Waals surface area contributed by atoms with Crippen LogP contribution in [0.1, 0.15) is 103 Å². The summed E-state index contributed by atoms with van der Waals surface area (Å²) in [7, 11) is 0. The fourth-order valence-corrected chi connectivity index (χ4v) is 4.02. The van der Waals surface area contributed by atoms with Crippen molar-refractivity contribution in [2.75, 3.05) is 0 Å². The van der Waals surface area contributed by atoms with E-state index in [0.717, 1.165) is 0 Å². The molecule has 0 atom stereocenters. The molecule has 0 heterocycles. The van der Waals surface area contributed by atoms with Gasteiger partial charge < -0.3 is 0 Å². The van der Waals surface area contributed by atoms with Gasteiger partial charge in [0.05, 0.1) is 0 Å². The van der Waals surface area contributed by atoms with Crippen LogP contribution < -0.4 is 0 Å². The molecule has 0 bridgehead atoms. The molecule has 0 aliphatic heterocycles. The van der Waals surface area contributed by atoms with Crippen molar-refractivity contribution in [1.82, 2.24) is 0 Å². The standard InChI is InChI=1S/C18H38Te/c1-3-4-5-6-7-8-9-10-11-12-13-14-15-16-17-18-19-2/h3-18H2,1-2H3. The topological polar surface area (TPSA) is 0 Å². The minimum absolute atomic E-state index is 0.416. The Hall–Kier alpha value is 0.790. The third-order valence-electron chi connectivity index (χ3n) is 3.95. The van der Waals surface area contributed by atoms with Gasteiger partial charge in [-0.1, -0.05) is 32.6 Å². The average molecular weight is 382 g/mol. The van der Waals surface area contributed by atoms with E-state index in [1.807, 2.05) is 0 Å². The molecule has 0 saturated carbocycles. The first-order valence-electron chi connectivity index (χ1n) is 8.90. The Morgan fingerprint density at radius 1 is 0.474 bits per heavy atom. The van der Waals surface area contributed by atoms with Crippen LogP contribution in [-0.4, -0.2) is 20.9 Å².